The summed E-state index contributed by atoms with van der Waals surface area (Å²) in [5.74, 6) is -0.626. The number of carbonyl (C=O) groups is 1. The molecule has 1 unspecified atom stereocenters. The van der Waals surface area contributed by atoms with Crippen molar-refractivity contribution >= 4 is 37.8 Å². The van der Waals surface area contributed by atoms with Crippen LogP contribution in [0, 0.1) is 5.82 Å². The molecule has 1 atom stereocenters. The number of amides is 1. The van der Waals surface area contributed by atoms with Gasteiger partial charge in [0, 0.05) is 9.80 Å². The van der Waals surface area contributed by atoms with E-state index in [1.807, 2.05) is 30.3 Å². The van der Waals surface area contributed by atoms with Crippen LogP contribution in [0.5, 0.6) is 0 Å². The van der Waals surface area contributed by atoms with Crippen LogP contribution in [0.1, 0.15) is 22.0 Å². The molecule has 0 bridgehead atoms. The molecule has 0 spiro atoms. The number of carbonyl (C=O) groups excluding carboxylic acids is 1. The fourth-order valence-corrected chi connectivity index (χ4v) is 2.87. The van der Waals surface area contributed by atoms with Crippen molar-refractivity contribution in [3.05, 3.63) is 69.9 Å². The lowest BCUT2D eigenvalue weighted by Gasteiger charge is -2.17. The zero-order valence-corrected chi connectivity index (χ0v) is 13.6. The van der Waals surface area contributed by atoms with E-state index in [2.05, 4.69) is 37.2 Å². The Bertz CT molecular complexity index is 604. The average Bonchev–Trinajstić information content (AvgIpc) is 2.45. The first kappa shape index (κ1) is 15.2. The van der Waals surface area contributed by atoms with Gasteiger partial charge in [0.25, 0.3) is 5.91 Å². The van der Waals surface area contributed by atoms with Gasteiger partial charge in [-0.3, -0.25) is 4.79 Å². The molecule has 0 fully saturated rings. The van der Waals surface area contributed by atoms with E-state index in [-0.39, 0.29) is 17.8 Å². The highest BCUT2D eigenvalue weighted by Crippen LogP contribution is 2.20. The monoisotopic (exact) mass is 399 g/mol. The summed E-state index contributed by atoms with van der Waals surface area (Å²) in [5, 5.41) is 3.52. The zero-order chi connectivity index (χ0) is 14.5. The predicted molar refractivity (Wildman–Crippen MR) is 84.5 cm³/mol. The van der Waals surface area contributed by atoms with Crippen molar-refractivity contribution in [2.24, 2.45) is 0 Å². The molecule has 0 aliphatic heterocycles. The highest BCUT2D eigenvalue weighted by atomic mass is 79.9. The number of hydrogen-bond acceptors (Lipinski definition) is 1. The van der Waals surface area contributed by atoms with Crippen molar-refractivity contribution in [1.29, 1.82) is 0 Å². The van der Waals surface area contributed by atoms with E-state index in [4.69, 9.17) is 0 Å². The van der Waals surface area contributed by atoms with E-state index >= 15 is 0 Å². The topological polar surface area (TPSA) is 29.1 Å². The molecular weight excluding hydrogens is 389 g/mol. The van der Waals surface area contributed by atoms with E-state index in [1.54, 1.807) is 0 Å². The van der Waals surface area contributed by atoms with Crippen LogP contribution < -0.4 is 5.32 Å². The molecule has 0 heterocycles. The molecule has 2 aromatic carbocycles. The van der Waals surface area contributed by atoms with Crippen LogP contribution in [0.4, 0.5) is 4.39 Å². The number of halogens is 3. The summed E-state index contributed by atoms with van der Waals surface area (Å²) in [6.45, 7) is 0. The molecule has 1 N–H and O–H groups in total. The number of benzene rings is 2. The molecule has 2 rings (SSSR count). The average molecular weight is 401 g/mol. The largest absolute Gasteiger partial charge is 0.344 e. The first-order chi connectivity index (χ1) is 9.61. The predicted octanol–water partition coefficient (Wildman–Crippen LogP) is 4.45. The van der Waals surface area contributed by atoms with Crippen molar-refractivity contribution in [3.63, 3.8) is 0 Å². The second kappa shape index (κ2) is 6.99. The minimum Gasteiger partial charge on any atom is -0.344 e. The van der Waals surface area contributed by atoms with Gasteiger partial charge in [-0.1, -0.05) is 46.3 Å². The van der Waals surface area contributed by atoms with Crippen molar-refractivity contribution in [2.75, 3.05) is 5.33 Å². The Labute approximate surface area is 133 Å². The van der Waals surface area contributed by atoms with Gasteiger partial charge >= 0.3 is 0 Å². The lowest BCUT2D eigenvalue weighted by atomic mass is 10.1. The van der Waals surface area contributed by atoms with Crippen molar-refractivity contribution in [2.45, 2.75) is 6.04 Å². The summed E-state index contributed by atoms with van der Waals surface area (Å²) in [7, 11) is 0. The van der Waals surface area contributed by atoms with Crippen molar-refractivity contribution in [1.82, 2.24) is 5.32 Å². The molecule has 104 valence electrons. The summed E-state index contributed by atoms with van der Waals surface area (Å²) in [5.41, 5.74) is 1.42. The number of rotatable bonds is 4. The molecule has 0 saturated carbocycles. The van der Waals surface area contributed by atoms with E-state index in [0.29, 0.717) is 15.4 Å². The van der Waals surface area contributed by atoms with Gasteiger partial charge in [0.2, 0.25) is 0 Å². The fraction of sp³-hybridized carbons (Fsp3) is 0.133. The Balaban J connectivity index is 2.17. The Morgan fingerprint density at radius 3 is 2.50 bits per heavy atom. The van der Waals surface area contributed by atoms with Gasteiger partial charge in [-0.05, 0) is 39.7 Å². The van der Waals surface area contributed by atoms with Gasteiger partial charge in [0.1, 0.15) is 5.82 Å². The molecule has 0 radical (unpaired) electrons. The van der Waals surface area contributed by atoms with E-state index in [0.717, 1.165) is 5.56 Å². The highest BCUT2D eigenvalue weighted by molar-refractivity contribution is 9.10. The Morgan fingerprint density at radius 2 is 1.90 bits per heavy atom. The maximum atomic E-state index is 13.0. The molecule has 20 heavy (non-hydrogen) atoms. The maximum absolute atomic E-state index is 13.0. The van der Waals surface area contributed by atoms with E-state index in [9.17, 15) is 9.18 Å². The summed E-state index contributed by atoms with van der Waals surface area (Å²) in [4.78, 5) is 12.2. The van der Waals surface area contributed by atoms with E-state index < -0.39 is 0 Å². The summed E-state index contributed by atoms with van der Waals surface area (Å²) < 4.78 is 13.5. The smallest absolute Gasteiger partial charge is 0.252 e. The molecule has 5 heteroatoms. The lowest BCUT2D eigenvalue weighted by molar-refractivity contribution is 0.0940. The second-order valence-electron chi connectivity index (χ2n) is 4.22. The van der Waals surface area contributed by atoms with E-state index in [1.165, 1.54) is 18.2 Å². The molecule has 0 aliphatic carbocycles. The van der Waals surface area contributed by atoms with Gasteiger partial charge in [-0.15, -0.1) is 0 Å². The van der Waals surface area contributed by atoms with Gasteiger partial charge < -0.3 is 5.32 Å². The summed E-state index contributed by atoms with van der Waals surface area (Å²) >= 11 is 6.60. The Morgan fingerprint density at radius 1 is 1.20 bits per heavy atom. The molecular formula is C15H12Br2FNO. The fourth-order valence-electron chi connectivity index (χ4n) is 1.81. The SMILES string of the molecule is O=C(NC(CBr)c1ccccc1)c1ccc(F)cc1Br. The Hall–Kier alpha value is -1.20. The van der Waals surface area contributed by atoms with Crippen molar-refractivity contribution < 1.29 is 9.18 Å². The Kier molecular flexibility index (Phi) is 5.31. The summed E-state index contributed by atoms with van der Waals surface area (Å²) in [6, 6.07) is 13.5. The van der Waals surface area contributed by atoms with Gasteiger partial charge in [-0.2, -0.15) is 0 Å². The van der Waals surface area contributed by atoms with Crippen molar-refractivity contribution in [3.8, 4) is 0 Å². The summed E-state index contributed by atoms with van der Waals surface area (Å²) in [6.07, 6.45) is 0. The van der Waals surface area contributed by atoms with Crippen LogP contribution in [0.25, 0.3) is 0 Å². The third-order valence-corrected chi connectivity index (χ3v) is 4.14. The minimum absolute atomic E-state index is 0.138. The van der Waals surface area contributed by atoms with Crippen LogP contribution >= 0.6 is 31.9 Å². The van der Waals surface area contributed by atoms with Crippen LogP contribution in [-0.4, -0.2) is 11.2 Å². The second-order valence-corrected chi connectivity index (χ2v) is 5.72. The standard InChI is InChI=1S/C15H12Br2FNO/c16-9-14(10-4-2-1-3-5-10)19-15(20)12-7-6-11(18)8-13(12)17/h1-8,14H,9H2,(H,19,20). The molecule has 2 nitrogen and oxygen atoms in total. The highest BCUT2D eigenvalue weighted by Gasteiger charge is 2.16. The molecule has 2 aromatic rings. The molecule has 0 aromatic heterocycles. The van der Waals surface area contributed by atoms with Crippen LogP contribution in [0.2, 0.25) is 0 Å². The van der Waals surface area contributed by atoms with Gasteiger partial charge in [0.15, 0.2) is 0 Å². The quantitative estimate of drug-likeness (QED) is 0.754. The molecule has 0 saturated heterocycles. The lowest BCUT2D eigenvalue weighted by Crippen LogP contribution is -2.29. The number of nitrogens with one attached hydrogen (secondary N) is 1. The van der Waals surface area contributed by atoms with Crippen LogP contribution in [0.3, 0.4) is 0 Å². The first-order valence-corrected chi connectivity index (χ1v) is 7.90. The van der Waals surface area contributed by atoms with Crippen LogP contribution in [-0.2, 0) is 0 Å². The van der Waals surface area contributed by atoms with Gasteiger partial charge in [-0.25, -0.2) is 4.39 Å². The van der Waals surface area contributed by atoms with Crippen LogP contribution in [0.15, 0.2) is 53.0 Å². The first-order valence-electron chi connectivity index (χ1n) is 5.98. The third kappa shape index (κ3) is 3.67. The van der Waals surface area contributed by atoms with Gasteiger partial charge in [0.05, 0.1) is 11.6 Å². The zero-order valence-electron chi connectivity index (χ0n) is 10.4. The molecule has 0 aliphatic rings. The number of hydrogen-bond donors (Lipinski definition) is 1. The maximum Gasteiger partial charge on any atom is 0.252 e. The number of alkyl halides is 1. The third-order valence-electron chi connectivity index (χ3n) is 2.84. The minimum atomic E-state index is -0.381. The molecule has 1 amide bonds. The normalized spacial score (nSPS) is 11.9.